The standard InChI is InChI=1S/C20H13NO2S/c22-20(23)17-12-14-10-11-21-18(19(14)24-17)16-9-5-4-8-15(16)13-6-2-1-3-7-13/h1-12H,(H,22,23). The molecular formula is C20H13NO2S. The third-order valence-corrected chi connectivity index (χ3v) is 5.06. The number of hydrogen-bond donors (Lipinski definition) is 1. The predicted octanol–water partition coefficient (Wildman–Crippen LogP) is 5.33. The van der Waals surface area contributed by atoms with E-state index in [0.29, 0.717) is 4.88 Å². The molecule has 0 aliphatic heterocycles. The van der Waals surface area contributed by atoms with Crippen LogP contribution in [0.4, 0.5) is 0 Å². The first-order valence-corrected chi connectivity index (χ1v) is 8.32. The minimum Gasteiger partial charge on any atom is -0.477 e. The van der Waals surface area contributed by atoms with E-state index < -0.39 is 5.97 Å². The molecule has 0 spiro atoms. The van der Waals surface area contributed by atoms with Crippen molar-refractivity contribution in [2.24, 2.45) is 0 Å². The number of nitrogens with zero attached hydrogens (tertiary/aromatic N) is 1. The molecule has 116 valence electrons. The number of rotatable bonds is 3. The molecule has 0 radical (unpaired) electrons. The summed E-state index contributed by atoms with van der Waals surface area (Å²) in [5.41, 5.74) is 4.03. The quantitative estimate of drug-likeness (QED) is 0.552. The highest BCUT2D eigenvalue weighted by atomic mass is 32.1. The fourth-order valence-electron chi connectivity index (χ4n) is 2.82. The van der Waals surface area contributed by atoms with E-state index >= 15 is 0 Å². The highest BCUT2D eigenvalue weighted by Gasteiger charge is 2.15. The number of pyridine rings is 1. The van der Waals surface area contributed by atoms with Crippen LogP contribution in [0.2, 0.25) is 0 Å². The van der Waals surface area contributed by atoms with Crippen molar-refractivity contribution in [3.8, 4) is 22.4 Å². The zero-order valence-electron chi connectivity index (χ0n) is 12.6. The zero-order valence-corrected chi connectivity index (χ0v) is 13.5. The summed E-state index contributed by atoms with van der Waals surface area (Å²) in [6.07, 6.45) is 1.73. The average Bonchev–Trinajstić information content (AvgIpc) is 3.07. The fraction of sp³-hybridized carbons (Fsp3) is 0. The van der Waals surface area contributed by atoms with Gasteiger partial charge in [-0.1, -0.05) is 54.6 Å². The van der Waals surface area contributed by atoms with Gasteiger partial charge in [-0.2, -0.15) is 0 Å². The van der Waals surface area contributed by atoms with Crippen LogP contribution in [-0.2, 0) is 0 Å². The van der Waals surface area contributed by atoms with Crippen LogP contribution in [0.5, 0.6) is 0 Å². The van der Waals surface area contributed by atoms with Gasteiger partial charge < -0.3 is 5.11 Å². The average molecular weight is 331 g/mol. The number of benzene rings is 2. The van der Waals surface area contributed by atoms with Crippen LogP contribution in [0.15, 0.2) is 72.9 Å². The Morgan fingerprint density at radius 3 is 2.38 bits per heavy atom. The molecule has 0 saturated carbocycles. The second-order valence-electron chi connectivity index (χ2n) is 5.41. The van der Waals surface area contributed by atoms with Gasteiger partial charge >= 0.3 is 5.97 Å². The lowest BCUT2D eigenvalue weighted by atomic mass is 9.97. The molecule has 0 amide bonds. The Bertz CT molecular complexity index is 1040. The van der Waals surface area contributed by atoms with Crippen molar-refractivity contribution in [1.82, 2.24) is 4.98 Å². The number of carboxylic acid groups (broad SMARTS) is 1. The van der Waals surface area contributed by atoms with Crippen molar-refractivity contribution >= 4 is 27.4 Å². The van der Waals surface area contributed by atoms with Gasteiger partial charge in [0.2, 0.25) is 0 Å². The SMILES string of the molecule is O=C(O)c1cc2ccnc(-c3ccccc3-c3ccccc3)c2s1. The van der Waals surface area contributed by atoms with E-state index in [9.17, 15) is 9.90 Å². The largest absolute Gasteiger partial charge is 0.477 e. The Labute approximate surface area is 142 Å². The molecule has 0 saturated heterocycles. The van der Waals surface area contributed by atoms with Crippen LogP contribution in [0.25, 0.3) is 32.5 Å². The van der Waals surface area contributed by atoms with Crippen molar-refractivity contribution in [3.05, 3.63) is 77.8 Å². The summed E-state index contributed by atoms with van der Waals surface area (Å²) in [6, 6.07) is 21.8. The first kappa shape index (κ1) is 14.6. The molecule has 0 bridgehead atoms. The van der Waals surface area contributed by atoms with Crippen LogP contribution in [0.1, 0.15) is 9.67 Å². The molecule has 24 heavy (non-hydrogen) atoms. The monoisotopic (exact) mass is 331 g/mol. The Morgan fingerprint density at radius 1 is 0.917 bits per heavy atom. The Balaban J connectivity index is 1.98. The molecule has 2 aromatic carbocycles. The number of aromatic nitrogens is 1. The second kappa shape index (κ2) is 5.91. The van der Waals surface area contributed by atoms with Gasteiger partial charge in [0.1, 0.15) is 4.88 Å². The number of carboxylic acids is 1. The maximum Gasteiger partial charge on any atom is 0.345 e. The molecule has 2 heterocycles. The van der Waals surface area contributed by atoms with Gasteiger partial charge in [0.25, 0.3) is 0 Å². The number of hydrogen-bond acceptors (Lipinski definition) is 3. The molecule has 0 unspecified atom stereocenters. The summed E-state index contributed by atoms with van der Waals surface area (Å²) in [7, 11) is 0. The molecule has 0 fully saturated rings. The van der Waals surface area contributed by atoms with Gasteiger partial charge in [0, 0.05) is 11.8 Å². The summed E-state index contributed by atoms with van der Waals surface area (Å²) >= 11 is 1.27. The second-order valence-corrected chi connectivity index (χ2v) is 6.46. The summed E-state index contributed by atoms with van der Waals surface area (Å²) < 4.78 is 0.901. The normalized spacial score (nSPS) is 10.8. The van der Waals surface area contributed by atoms with Gasteiger partial charge in [-0.15, -0.1) is 11.3 Å². The molecule has 0 atom stereocenters. The lowest BCUT2D eigenvalue weighted by Crippen LogP contribution is -1.89. The minimum atomic E-state index is -0.904. The molecule has 4 heteroatoms. The molecule has 0 aliphatic carbocycles. The van der Waals surface area contributed by atoms with Crippen LogP contribution < -0.4 is 0 Å². The third-order valence-electron chi connectivity index (χ3n) is 3.91. The fourth-order valence-corrected chi connectivity index (χ4v) is 3.82. The Kier molecular flexibility index (Phi) is 3.59. The Hall–Kier alpha value is -2.98. The van der Waals surface area contributed by atoms with Gasteiger partial charge in [-0.05, 0) is 28.6 Å². The smallest absolute Gasteiger partial charge is 0.345 e. The van der Waals surface area contributed by atoms with Gasteiger partial charge in [0.05, 0.1) is 10.4 Å². The maximum absolute atomic E-state index is 11.3. The van der Waals surface area contributed by atoms with Crippen molar-refractivity contribution < 1.29 is 9.90 Å². The van der Waals surface area contributed by atoms with Gasteiger partial charge in [-0.3, -0.25) is 4.98 Å². The topological polar surface area (TPSA) is 50.2 Å². The van der Waals surface area contributed by atoms with Crippen LogP contribution in [-0.4, -0.2) is 16.1 Å². The highest BCUT2D eigenvalue weighted by Crippen LogP contribution is 2.37. The molecule has 1 N–H and O–H groups in total. The van der Waals surface area contributed by atoms with E-state index in [2.05, 4.69) is 23.2 Å². The predicted molar refractivity (Wildman–Crippen MR) is 97.5 cm³/mol. The van der Waals surface area contributed by atoms with Crippen LogP contribution in [0.3, 0.4) is 0 Å². The van der Waals surface area contributed by atoms with Crippen LogP contribution in [0, 0.1) is 0 Å². The number of carbonyl (C=O) groups is 1. The summed E-state index contributed by atoms with van der Waals surface area (Å²) in [6.45, 7) is 0. The zero-order chi connectivity index (χ0) is 16.5. The van der Waals surface area contributed by atoms with Crippen molar-refractivity contribution in [2.75, 3.05) is 0 Å². The minimum absolute atomic E-state index is 0.330. The molecule has 2 aromatic heterocycles. The van der Waals surface area contributed by atoms with E-state index in [1.54, 1.807) is 12.3 Å². The third kappa shape index (κ3) is 2.47. The summed E-state index contributed by atoms with van der Waals surface area (Å²) in [5, 5.41) is 10.2. The highest BCUT2D eigenvalue weighted by molar-refractivity contribution is 7.21. The summed E-state index contributed by atoms with van der Waals surface area (Å²) in [5.74, 6) is -0.904. The van der Waals surface area contributed by atoms with E-state index in [1.807, 2.05) is 42.5 Å². The molecule has 4 aromatic rings. The maximum atomic E-state index is 11.3. The summed E-state index contributed by atoms with van der Waals surface area (Å²) in [4.78, 5) is 16.2. The van der Waals surface area contributed by atoms with Crippen molar-refractivity contribution in [1.29, 1.82) is 0 Å². The first-order valence-electron chi connectivity index (χ1n) is 7.51. The number of thiophene rings is 1. The lowest BCUT2D eigenvalue weighted by molar-refractivity contribution is 0.0702. The van der Waals surface area contributed by atoms with Gasteiger partial charge in [0.15, 0.2) is 0 Å². The van der Waals surface area contributed by atoms with Crippen molar-refractivity contribution in [2.45, 2.75) is 0 Å². The van der Waals surface area contributed by atoms with E-state index in [1.165, 1.54) is 11.3 Å². The number of fused-ring (bicyclic) bond motifs is 1. The molecular weight excluding hydrogens is 318 g/mol. The van der Waals surface area contributed by atoms with E-state index in [-0.39, 0.29) is 0 Å². The van der Waals surface area contributed by atoms with Crippen LogP contribution >= 0.6 is 11.3 Å². The molecule has 4 rings (SSSR count). The molecule has 3 nitrogen and oxygen atoms in total. The number of aromatic carboxylic acids is 1. The van der Waals surface area contributed by atoms with Gasteiger partial charge in [-0.25, -0.2) is 4.79 Å². The molecule has 0 aliphatic rings. The van der Waals surface area contributed by atoms with E-state index in [4.69, 9.17) is 0 Å². The Morgan fingerprint density at radius 2 is 1.62 bits per heavy atom. The van der Waals surface area contributed by atoms with Crippen molar-refractivity contribution in [3.63, 3.8) is 0 Å². The van der Waals surface area contributed by atoms with E-state index in [0.717, 1.165) is 32.5 Å². The first-order chi connectivity index (χ1) is 11.7. The lowest BCUT2D eigenvalue weighted by Gasteiger charge is -2.10.